The molecule has 86 valence electrons. The van der Waals surface area contributed by atoms with Crippen molar-refractivity contribution < 1.29 is 14.3 Å². The standard InChI is InChI=1S/C11H14N2O3/c1-3-16-11(15)8(2)13-10(14)9-4-6-12-7-5-9/h4-8H,3H2,1-2H3,(H,13,14)/t8-/m0/s1. The molecule has 0 aliphatic carbocycles. The third-order valence-electron chi connectivity index (χ3n) is 1.93. The van der Waals surface area contributed by atoms with E-state index in [0.29, 0.717) is 12.2 Å². The van der Waals surface area contributed by atoms with Gasteiger partial charge in [-0.3, -0.25) is 9.78 Å². The Morgan fingerprint density at radius 3 is 2.62 bits per heavy atom. The maximum Gasteiger partial charge on any atom is 0.328 e. The number of nitrogens with one attached hydrogen (secondary N) is 1. The van der Waals surface area contributed by atoms with E-state index < -0.39 is 12.0 Å². The maximum absolute atomic E-state index is 11.6. The highest BCUT2D eigenvalue weighted by atomic mass is 16.5. The molecule has 0 aromatic carbocycles. The SMILES string of the molecule is CCOC(=O)[C@H](C)NC(=O)c1ccncc1. The summed E-state index contributed by atoms with van der Waals surface area (Å²) in [4.78, 5) is 26.7. The van der Waals surface area contributed by atoms with Crippen LogP contribution in [-0.2, 0) is 9.53 Å². The predicted molar refractivity (Wildman–Crippen MR) is 57.8 cm³/mol. The highest BCUT2D eigenvalue weighted by Gasteiger charge is 2.16. The van der Waals surface area contributed by atoms with E-state index in [4.69, 9.17) is 4.74 Å². The third-order valence-corrected chi connectivity index (χ3v) is 1.93. The lowest BCUT2D eigenvalue weighted by atomic mass is 10.2. The van der Waals surface area contributed by atoms with E-state index in [1.165, 1.54) is 12.4 Å². The molecule has 1 atom stereocenters. The summed E-state index contributed by atoms with van der Waals surface area (Å²) in [6.45, 7) is 3.60. The van der Waals surface area contributed by atoms with Crippen LogP contribution >= 0.6 is 0 Å². The average Bonchev–Trinajstić information content (AvgIpc) is 2.30. The summed E-state index contributed by atoms with van der Waals surface area (Å²) in [5, 5.41) is 2.54. The van der Waals surface area contributed by atoms with E-state index in [0.717, 1.165) is 0 Å². The Balaban J connectivity index is 2.55. The van der Waals surface area contributed by atoms with Crippen LogP contribution in [0.2, 0.25) is 0 Å². The molecule has 0 fully saturated rings. The molecule has 0 aliphatic heterocycles. The summed E-state index contributed by atoms with van der Waals surface area (Å²) in [6, 6.07) is 2.50. The van der Waals surface area contributed by atoms with E-state index in [-0.39, 0.29) is 5.91 Å². The molecule has 5 heteroatoms. The Hall–Kier alpha value is -1.91. The first-order valence-electron chi connectivity index (χ1n) is 5.02. The van der Waals surface area contributed by atoms with Gasteiger partial charge in [0.2, 0.25) is 0 Å². The zero-order valence-electron chi connectivity index (χ0n) is 9.27. The van der Waals surface area contributed by atoms with Crippen molar-refractivity contribution in [3.8, 4) is 0 Å². The molecule has 0 unspecified atom stereocenters. The summed E-state index contributed by atoms with van der Waals surface area (Å²) >= 11 is 0. The minimum Gasteiger partial charge on any atom is -0.464 e. The number of ether oxygens (including phenoxy) is 1. The van der Waals surface area contributed by atoms with Crippen LogP contribution in [0.5, 0.6) is 0 Å². The van der Waals surface area contributed by atoms with Crippen molar-refractivity contribution in [1.82, 2.24) is 10.3 Å². The summed E-state index contributed by atoms with van der Waals surface area (Å²) < 4.78 is 4.77. The number of amides is 1. The Bertz CT molecular complexity index is 365. The molecule has 1 heterocycles. The van der Waals surface area contributed by atoms with Crippen LogP contribution in [0.15, 0.2) is 24.5 Å². The minimum absolute atomic E-state index is 0.300. The molecule has 1 amide bonds. The number of nitrogens with zero attached hydrogens (tertiary/aromatic N) is 1. The van der Waals surface area contributed by atoms with Gasteiger partial charge >= 0.3 is 5.97 Å². The van der Waals surface area contributed by atoms with Gasteiger partial charge in [-0.15, -0.1) is 0 Å². The third kappa shape index (κ3) is 3.34. The molecule has 0 aliphatic rings. The van der Waals surface area contributed by atoms with Crippen LogP contribution in [0, 0.1) is 0 Å². The van der Waals surface area contributed by atoms with Crippen molar-refractivity contribution in [1.29, 1.82) is 0 Å². The van der Waals surface area contributed by atoms with Crippen molar-refractivity contribution in [3.63, 3.8) is 0 Å². The average molecular weight is 222 g/mol. The Labute approximate surface area is 93.8 Å². The van der Waals surface area contributed by atoms with Gasteiger partial charge in [-0.2, -0.15) is 0 Å². The summed E-state index contributed by atoms with van der Waals surface area (Å²) in [7, 11) is 0. The normalized spacial score (nSPS) is 11.6. The molecule has 1 N–H and O–H groups in total. The zero-order valence-corrected chi connectivity index (χ0v) is 9.27. The quantitative estimate of drug-likeness (QED) is 0.764. The lowest BCUT2D eigenvalue weighted by Gasteiger charge is -2.12. The minimum atomic E-state index is -0.652. The largest absolute Gasteiger partial charge is 0.464 e. The zero-order chi connectivity index (χ0) is 12.0. The summed E-state index contributed by atoms with van der Waals surface area (Å²) in [5.41, 5.74) is 0.464. The van der Waals surface area contributed by atoms with Crippen molar-refractivity contribution in [2.24, 2.45) is 0 Å². The van der Waals surface area contributed by atoms with Gasteiger partial charge in [0.1, 0.15) is 6.04 Å². The van der Waals surface area contributed by atoms with Crippen LogP contribution in [0.25, 0.3) is 0 Å². The Kier molecular flexibility index (Phi) is 4.44. The van der Waals surface area contributed by atoms with Crippen molar-refractivity contribution >= 4 is 11.9 Å². The fourth-order valence-electron chi connectivity index (χ4n) is 1.11. The van der Waals surface area contributed by atoms with Gasteiger partial charge in [0.15, 0.2) is 0 Å². The van der Waals surface area contributed by atoms with Crippen LogP contribution in [0.4, 0.5) is 0 Å². The van der Waals surface area contributed by atoms with Gasteiger partial charge in [0.05, 0.1) is 6.61 Å². The molecule has 1 aromatic rings. The van der Waals surface area contributed by atoms with Crippen LogP contribution in [0.3, 0.4) is 0 Å². The monoisotopic (exact) mass is 222 g/mol. The maximum atomic E-state index is 11.6. The van der Waals surface area contributed by atoms with Crippen LogP contribution < -0.4 is 5.32 Å². The Morgan fingerprint density at radius 2 is 2.06 bits per heavy atom. The molecule has 0 radical (unpaired) electrons. The number of hydrogen-bond donors (Lipinski definition) is 1. The molecular weight excluding hydrogens is 208 g/mol. The number of esters is 1. The molecule has 0 saturated heterocycles. The molecular formula is C11H14N2O3. The number of aromatic nitrogens is 1. The first kappa shape index (κ1) is 12.2. The number of carbonyl (C=O) groups is 2. The fraction of sp³-hybridized carbons (Fsp3) is 0.364. The van der Waals surface area contributed by atoms with E-state index in [2.05, 4.69) is 10.3 Å². The van der Waals surface area contributed by atoms with Crippen molar-refractivity contribution in [3.05, 3.63) is 30.1 Å². The first-order valence-corrected chi connectivity index (χ1v) is 5.02. The lowest BCUT2D eigenvalue weighted by Crippen LogP contribution is -2.39. The molecule has 0 bridgehead atoms. The van der Waals surface area contributed by atoms with Gasteiger partial charge in [0, 0.05) is 18.0 Å². The molecule has 5 nitrogen and oxygen atoms in total. The summed E-state index contributed by atoms with van der Waals surface area (Å²) in [5.74, 6) is -0.757. The number of hydrogen-bond acceptors (Lipinski definition) is 4. The lowest BCUT2D eigenvalue weighted by molar-refractivity contribution is -0.144. The van der Waals surface area contributed by atoms with Gasteiger partial charge in [-0.25, -0.2) is 4.79 Å². The highest BCUT2D eigenvalue weighted by Crippen LogP contribution is 1.97. The molecule has 16 heavy (non-hydrogen) atoms. The Morgan fingerprint density at radius 1 is 1.44 bits per heavy atom. The van der Waals surface area contributed by atoms with E-state index in [1.54, 1.807) is 26.0 Å². The summed E-state index contributed by atoms with van der Waals surface area (Å²) in [6.07, 6.45) is 3.04. The van der Waals surface area contributed by atoms with Gasteiger partial charge in [-0.05, 0) is 26.0 Å². The molecule has 1 rings (SSSR count). The number of carbonyl (C=O) groups excluding carboxylic acids is 2. The second-order valence-corrected chi connectivity index (χ2v) is 3.18. The molecule has 0 spiro atoms. The van der Waals surface area contributed by atoms with Crippen LogP contribution in [0.1, 0.15) is 24.2 Å². The van der Waals surface area contributed by atoms with Gasteiger partial charge in [0.25, 0.3) is 5.91 Å². The highest BCUT2D eigenvalue weighted by molar-refractivity contribution is 5.96. The first-order chi connectivity index (χ1) is 7.65. The van der Waals surface area contributed by atoms with Crippen molar-refractivity contribution in [2.45, 2.75) is 19.9 Å². The van der Waals surface area contributed by atoms with E-state index in [1.807, 2.05) is 0 Å². The smallest absolute Gasteiger partial charge is 0.328 e. The second kappa shape index (κ2) is 5.85. The fourth-order valence-corrected chi connectivity index (χ4v) is 1.11. The second-order valence-electron chi connectivity index (χ2n) is 3.18. The molecule has 0 saturated carbocycles. The van der Waals surface area contributed by atoms with Gasteiger partial charge < -0.3 is 10.1 Å². The van der Waals surface area contributed by atoms with Gasteiger partial charge in [-0.1, -0.05) is 0 Å². The topological polar surface area (TPSA) is 68.3 Å². The number of pyridine rings is 1. The van der Waals surface area contributed by atoms with Crippen molar-refractivity contribution in [2.75, 3.05) is 6.61 Å². The van der Waals surface area contributed by atoms with E-state index in [9.17, 15) is 9.59 Å². The predicted octanol–water partition coefficient (Wildman–Crippen LogP) is 0.763. The van der Waals surface area contributed by atoms with E-state index >= 15 is 0 Å². The van der Waals surface area contributed by atoms with Crippen LogP contribution in [-0.4, -0.2) is 29.5 Å². The molecule has 1 aromatic heterocycles. The number of rotatable bonds is 4.